The standard InChI is InChI=1S/C16H23N5S/c1-3-4-13-10-18-16(22-13)21-14-9-11(2)19-15(20-14)12-5-7-17-8-6-12/h9-10,12,17H,3-8H2,1-2H3,(H,18,19,20,21). The quantitative estimate of drug-likeness (QED) is 0.885. The molecule has 1 fully saturated rings. The summed E-state index contributed by atoms with van der Waals surface area (Å²) in [7, 11) is 0. The molecule has 0 bridgehead atoms. The number of aryl methyl sites for hydroxylation is 2. The number of anilines is 2. The molecule has 2 aromatic heterocycles. The summed E-state index contributed by atoms with van der Waals surface area (Å²) >= 11 is 1.71. The highest BCUT2D eigenvalue weighted by molar-refractivity contribution is 7.15. The number of thiazole rings is 1. The fraction of sp³-hybridized carbons (Fsp3) is 0.562. The largest absolute Gasteiger partial charge is 0.317 e. The molecule has 22 heavy (non-hydrogen) atoms. The second-order valence-electron chi connectivity index (χ2n) is 5.78. The van der Waals surface area contributed by atoms with Gasteiger partial charge in [0.2, 0.25) is 0 Å². The minimum Gasteiger partial charge on any atom is -0.317 e. The minimum absolute atomic E-state index is 0.466. The third-order valence-corrected chi connectivity index (χ3v) is 4.83. The number of hydrogen-bond acceptors (Lipinski definition) is 6. The molecule has 2 aromatic rings. The van der Waals surface area contributed by atoms with Gasteiger partial charge in [-0.15, -0.1) is 11.3 Å². The molecule has 0 radical (unpaired) electrons. The SMILES string of the molecule is CCCc1cnc(Nc2cc(C)nc(C3CCNCC3)n2)s1. The molecule has 0 aliphatic carbocycles. The molecule has 0 spiro atoms. The highest BCUT2D eigenvalue weighted by atomic mass is 32.1. The molecule has 0 atom stereocenters. The second kappa shape index (κ2) is 7.15. The van der Waals surface area contributed by atoms with Gasteiger partial charge in [-0.2, -0.15) is 0 Å². The number of nitrogens with one attached hydrogen (secondary N) is 2. The van der Waals surface area contributed by atoms with Gasteiger partial charge < -0.3 is 10.6 Å². The van der Waals surface area contributed by atoms with Gasteiger partial charge in [0.15, 0.2) is 5.13 Å². The molecule has 3 rings (SSSR count). The maximum absolute atomic E-state index is 4.72. The normalized spacial score (nSPS) is 15.9. The van der Waals surface area contributed by atoms with Gasteiger partial charge in [-0.05, 0) is 39.3 Å². The van der Waals surface area contributed by atoms with E-state index in [9.17, 15) is 0 Å². The van der Waals surface area contributed by atoms with E-state index in [4.69, 9.17) is 4.98 Å². The molecule has 1 saturated heterocycles. The first-order valence-corrected chi connectivity index (χ1v) is 8.84. The van der Waals surface area contributed by atoms with E-state index in [0.717, 1.165) is 61.2 Å². The van der Waals surface area contributed by atoms with E-state index in [-0.39, 0.29) is 0 Å². The van der Waals surface area contributed by atoms with E-state index in [1.54, 1.807) is 11.3 Å². The lowest BCUT2D eigenvalue weighted by Crippen LogP contribution is -2.27. The Bertz CT molecular complexity index is 619. The Balaban J connectivity index is 1.76. The third-order valence-electron chi connectivity index (χ3n) is 3.86. The molecular formula is C16H23N5S. The van der Waals surface area contributed by atoms with Crippen LogP contribution in [-0.4, -0.2) is 28.0 Å². The van der Waals surface area contributed by atoms with Gasteiger partial charge in [0.05, 0.1) is 0 Å². The molecular weight excluding hydrogens is 294 g/mol. The maximum Gasteiger partial charge on any atom is 0.188 e. The minimum atomic E-state index is 0.466. The number of piperidine rings is 1. The lowest BCUT2D eigenvalue weighted by molar-refractivity contribution is 0.444. The number of rotatable bonds is 5. The predicted octanol–water partition coefficient (Wildman–Crippen LogP) is 3.40. The van der Waals surface area contributed by atoms with Crippen molar-refractivity contribution in [2.24, 2.45) is 0 Å². The van der Waals surface area contributed by atoms with Gasteiger partial charge in [0, 0.05) is 28.8 Å². The van der Waals surface area contributed by atoms with E-state index in [2.05, 4.69) is 27.5 Å². The summed E-state index contributed by atoms with van der Waals surface area (Å²) in [6.45, 7) is 6.32. The molecule has 118 valence electrons. The van der Waals surface area contributed by atoms with Crippen molar-refractivity contribution in [2.45, 2.75) is 45.4 Å². The van der Waals surface area contributed by atoms with Crippen LogP contribution in [0.2, 0.25) is 0 Å². The zero-order valence-electron chi connectivity index (χ0n) is 13.2. The first kappa shape index (κ1) is 15.4. The van der Waals surface area contributed by atoms with Gasteiger partial charge in [-0.25, -0.2) is 15.0 Å². The van der Waals surface area contributed by atoms with E-state index >= 15 is 0 Å². The summed E-state index contributed by atoms with van der Waals surface area (Å²) in [6.07, 6.45) is 6.41. The summed E-state index contributed by atoms with van der Waals surface area (Å²) < 4.78 is 0. The summed E-state index contributed by atoms with van der Waals surface area (Å²) in [4.78, 5) is 15.1. The van der Waals surface area contributed by atoms with Crippen LogP contribution in [0, 0.1) is 6.92 Å². The van der Waals surface area contributed by atoms with E-state index in [1.165, 1.54) is 4.88 Å². The van der Waals surface area contributed by atoms with Gasteiger partial charge >= 0.3 is 0 Å². The van der Waals surface area contributed by atoms with Crippen molar-refractivity contribution in [3.63, 3.8) is 0 Å². The predicted molar refractivity (Wildman–Crippen MR) is 91.0 cm³/mol. The van der Waals surface area contributed by atoms with Crippen LogP contribution in [0.4, 0.5) is 10.9 Å². The van der Waals surface area contributed by atoms with Crippen molar-refractivity contribution in [1.82, 2.24) is 20.3 Å². The van der Waals surface area contributed by atoms with Crippen LogP contribution >= 0.6 is 11.3 Å². The molecule has 0 unspecified atom stereocenters. The number of nitrogens with zero attached hydrogens (tertiary/aromatic N) is 3. The molecule has 1 aliphatic heterocycles. The average Bonchev–Trinajstić information content (AvgIpc) is 2.95. The van der Waals surface area contributed by atoms with E-state index in [1.807, 2.05) is 19.2 Å². The molecule has 6 heteroatoms. The van der Waals surface area contributed by atoms with Gasteiger partial charge in [-0.3, -0.25) is 0 Å². The zero-order valence-corrected chi connectivity index (χ0v) is 14.0. The van der Waals surface area contributed by atoms with Gasteiger partial charge in [-0.1, -0.05) is 13.3 Å². The van der Waals surface area contributed by atoms with Crippen molar-refractivity contribution >= 4 is 22.3 Å². The molecule has 0 amide bonds. The van der Waals surface area contributed by atoms with Crippen molar-refractivity contribution in [3.05, 3.63) is 28.7 Å². The number of aromatic nitrogens is 3. The monoisotopic (exact) mass is 317 g/mol. The van der Waals surface area contributed by atoms with Crippen LogP contribution in [0.3, 0.4) is 0 Å². The van der Waals surface area contributed by atoms with Crippen LogP contribution in [0.1, 0.15) is 48.5 Å². The molecule has 3 heterocycles. The smallest absolute Gasteiger partial charge is 0.188 e. The maximum atomic E-state index is 4.72. The Hall–Kier alpha value is -1.53. The summed E-state index contributed by atoms with van der Waals surface area (Å²) in [5.74, 6) is 2.29. The van der Waals surface area contributed by atoms with E-state index < -0.39 is 0 Å². The molecule has 5 nitrogen and oxygen atoms in total. The lowest BCUT2D eigenvalue weighted by Gasteiger charge is -2.21. The van der Waals surface area contributed by atoms with Crippen molar-refractivity contribution < 1.29 is 0 Å². The second-order valence-corrected chi connectivity index (χ2v) is 6.90. The van der Waals surface area contributed by atoms with Crippen molar-refractivity contribution in [2.75, 3.05) is 18.4 Å². The van der Waals surface area contributed by atoms with Crippen LogP contribution in [-0.2, 0) is 6.42 Å². The lowest BCUT2D eigenvalue weighted by atomic mass is 9.97. The third kappa shape index (κ3) is 3.81. The van der Waals surface area contributed by atoms with Crippen molar-refractivity contribution in [3.8, 4) is 0 Å². The molecule has 0 saturated carbocycles. The fourth-order valence-corrected chi connectivity index (χ4v) is 3.68. The van der Waals surface area contributed by atoms with Crippen LogP contribution in [0.5, 0.6) is 0 Å². The Morgan fingerprint density at radius 3 is 2.91 bits per heavy atom. The molecule has 0 aromatic carbocycles. The van der Waals surface area contributed by atoms with Crippen LogP contribution in [0.15, 0.2) is 12.3 Å². The summed E-state index contributed by atoms with van der Waals surface area (Å²) in [5.41, 5.74) is 1.01. The Morgan fingerprint density at radius 2 is 2.14 bits per heavy atom. The summed E-state index contributed by atoms with van der Waals surface area (Å²) in [5, 5.41) is 7.65. The Labute approximate surface area is 135 Å². The summed E-state index contributed by atoms with van der Waals surface area (Å²) in [6, 6.07) is 1.99. The average molecular weight is 317 g/mol. The first-order chi connectivity index (χ1) is 10.7. The Kier molecular flexibility index (Phi) is 5.00. The number of hydrogen-bond donors (Lipinski definition) is 2. The zero-order chi connectivity index (χ0) is 15.4. The first-order valence-electron chi connectivity index (χ1n) is 8.02. The molecule has 1 aliphatic rings. The van der Waals surface area contributed by atoms with Gasteiger partial charge in [0.1, 0.15) is 11.6 Å². The highest BCUT2D eigenvalue weighted by Crippen LogP contribution is 2.26. The van der Waals surface area contributed by atoms with Gasteiger partial charge in [0.25, 0.3) is 0 Å². The van der Waals surface area contributed by atoms with Crippen LogP contribution < -0.4 is 10.6 Å². The van der Waals surface area contributed by atoms with E-state index in [0.29, 0.717) is 5.92 Å². The highest BCUT2D eigenvalue weighted by Gasteiger charge is 2.19. The fourth-order valence-electron chi connectivity index (χ4n) is 2.76. The van der Waals surface area contributed by atoms with Crippen LogP contribution in [0.25, 0.3) is 0 Å². The molecule has 2 N–H and O–H groups in total. The van der Waals surface area contributed by atoms with Crippen molar-refractivity contribution in [1.29, 1.82) is 0 Å². The Morgan fingerprint density at radius 1 is 1.32 bits per heavy atom. The topological polar surface area (TPSA) is 62.7 Å².